The van der Waals surface area contributed by atoms with Gasteiger partial charge in [-0.15, -0.1) is 0 Å². The number of anilines is 1. The highest BCUT2D eigenvalue weighted by molar-refractivity contribution is 5.95. The van der Waals surface area contributed by atoms with E-state index in [0.29, 0.717) is 12.8 Å². The van der Waals surface area contributed by atoms with Crippen LogP contribution in [-0.2, 0) is 10.2 Å². The SMILES string of the molecule is CC(C)(C)c1ccccc1N1C(=O)CCCC1O. The maximum absolute atomic E-state index is 12.1. The molecule has 1 heterocycles. The molecule has 0 bridgehead atoms. The molecule has 2 rings (SSSR count). The number of piperidine rings is 1. The fourth-order valence-electron chi connectivity index (χ4n) is 2.46. The van der Waals surface area contributed by atoms with Crippen molar-refractivity contribution in [2.45, 2.75) is 51.7 Å². The molecule has 0 radical (unpaired) electrons. The van der Waals surface area contributed by atoms with Crippen LogP contribution in [-0.4, -0.2) is 17.2 Å². The van der Waals surface area contributed by atoms with E-state index in [-0.39, 0.29) is 11.3 Å². The molecule has 3 heteroatoms. The van der Waals surface area contributed by atoms with Crippen LogP contribution in [0.15, 0.2) is 24.3 Å². The molecule has 1 saturated heterocycles. The molecule has 0 spiro atoms. The normalized spacial score (nSPS) is 21.2. The summed E-state index contributed by atoms with van der Waals surface area (Å²) in [6.07, 6.45) is 1.27. The van der Waals surface area contributed by atoms with Crippen LogP contribution in [0.1, 0.15) is 45.6 Å². The lowest BCUT2D eigenvalue weighted by Crippen LogP contribution is -2.44. The number of rotatable bonds is 1. The summed E-state index contributed by atoms with van der Waals surface area (Å²) in [5.41, 5.74) is 1.90. The fourth-order valence-corrected chi connectivity index (χ4v) is 2.46. The van der Waals surface area contributed by atoms with E-state index >= 15 is 0 Å². The van der Waals surface area contributed by atoms with Crippen molar-refractivity contribution in [1.29, 1.82) is 0 Å². The Kier molecular flexibility index (Phi) is 3.44. The van der Waals surface area contributed by atoms with E-state index in [1.54, 1.807) is 4.90 Å². The minimum absolute atomic E-state index is 0.0189. The number of amides is 1. The van der Waals surface area contributed by atoms with Gasteiger partial charge in [0.2, 0.25) is 5.91 Å². The number of aliphatic hydroxyl groups is 1. The van der Waals surface area contributed by atoms with E-state index in [2.05, 4.69) is 20.8 Å². The second-order valence-electron chi connectivity index (χ2n) is 5.90. The molecular formula is C15H21NO2. The third-order valence-corrected chi connectivity index (χ3v) is 3.39. The summed E-state index contributed by atoms with van der Waals surface area (Å²) in [5.74, 6) is 0.0189. The number of carbonyl (C=O) groups is 1. The lowest BCUT2D eigenvalue weighted by atomic mass is 9.85. The minimum Gasteiger partial charge on any atom is -0.373 e. The van der Waals surface area contributed by atoms with Crippen LogP contribution in [0, 0.1) is 0 Å². The molecule has 0 saturated carbocycles. The van der Waals surface area contributed by atoms with Crippen LogP contribution < -0.4 is 4.90 Å². The van der Waals surface area contributed by atoms with Crippen molar-refractivity contribution in [2.24, 2.45) is 0 Å². The van der Waals surface area contributed by atoms with Gasteiger partial charge in [0.25, 0.3) is 0 Å². The molecule has 1 aromatic rings. The van der Waals surface area contributed by atoms with Gasteiger partial charge in [-0.3, -0.25) is 9.69 Å². The monoisotopic (exact) mass is 247 g/mol. The Morgan fingerprint density at radius 2 is 1.94 bits per heavy atom. The first-order valence-corrected chi connectivity index (χ1v) is 6.51. The van der Waals surface area contributed by atoms with Gasteiger partial charge in [-0.2, -0.15) is 0 Å². The van der Waals surface area contributed by atoms with E-state index in [1.165, 1.54) is 0 Å². The van der Waals surface area contributed by atoms with Crippen molar-refractivity contribution in [3.05, 3.63) is 29.8 Å². The van der Waals surface area contributed by atoms with E-state index in [0.717, 1.165) is 17.7 Å². The van der Waals surface area contributed by atoms with Crippen molar-refractivity contribution in [3.8, 4) is 0 Å². The largest absolute Gasteiger partial charge is 0.373 e. The zero-order chi connectivity index (χ0) is 13.3. The highest BCUT2D eigenvalue weighted by atomic mass is 16.3. The van der Waals surface area contributed by atoms with Crippen LogP contribution in [0.3, 0.4) is 0 Å². The second-order valence-corrected chi connectivity index (χ2v) is 5.90. The first-order valence-electron chi connectivity index (χ1n) is 6.51. The Balaban J connectivity index is 2.47. The summed E-state index contributed by atoms with van der Waals surface area (Å²) >= 11 is 0. The van der Waals surface area contributed by atoms with Crippen LogP contribution in [0.2, 0.25) is 0 Å². The molecule has 3 nitrogen and oxygen atoms in total. The third kappa shape index (κ3) is 2.41. The van der Waals surface area contributed by atoms with E-state index < -0.39 is 6.23 Å². The number of carbonyl (C=O) groups excluding carboxylic acids is 1. The summed E-state index contributed by atoms with van der Waals surface area (Å²) in [6, 6.07) is 7.85. The third-order valence-electron chi connectivity index (χ3n) is 3.39. The van der Waals surface area contributed by atoms with Crippen LogP contribution >= 0.6 is 0 Å². The molecule has 1 amide bonds. The van der Waals surface area contributed by atoms with E-state index in [9.17, 15) is 9.90 Å². The zero-order valence-electron chi connectivity index (χ0n) is 11.3. The van der Waals surface area contributed by atoms with Gasteiger partial charge in [-0.1, -0.05) is 39.0 Å². The minimum atomic E-state index is -0.685. The van der Waals surface area contributed by atoms with Gasteiger partial charge >= 0.3 is 0 Å². The summed E-state index contributed by atoms with van der Waals surface area (Å²) < 4.78 is 0. The van der Waals surface area contributed by atoms with Gasteiger partial charge in [-0.25, -0.2) is 0 Å². The fraction of sp³-hybridized carbons (Fsp3) is 0.533. The molecule has 0 aromatic heterocycles. The number of para-hydroxylation sites is 1. The lowest BCUT2D eigenvalue weighted by molar-refractivity contribution is -0.122. The number of hydrogen-bond acceptors (Lipinski definition) is 2. The predicted molar refractivity (Wildman–Crippen MR) is 72.5 cm³/mol. The molecule has 1 unspecified atom stereocenters. The maximum atomic E-state index is 12.1. The average molecular weight is 247 g/mol. The van der Waals surface area contributed by atoms with Gasteiger partial charge in [0.1, 0.15) is 6.23 Å². The molecule has 1 fully saturated rings. The first kappa shape index (κ1) is 13.1. The molecule has 0 aliphatic carbocycles. The Hall–Kier alpha value is -1.35. The molecule has 1 aliphatic rings. The maximum Gasteiger partial charge on any atom is 0.229 e. The molecule has 1 aliphatic heterocycles. The smallest absolute Gasteiger partial charge is 0.229 e. The highest BCUT2D eigenvalue weighted by Gasteiger charge is 2.31. The van der Waals surface area contributed by atoms with Crippen molar-refractivity contribution in [2.75, 3.05) is 4.90 Å². The highest BCUT2D eigenvalue weighted by Crippen LogP contribution is 2.34. The Morgan fingerprint density at radius 1 is 1.28 bits per heavy atom. The summed E-state index contributed by atoms with van der Waals surface area (Å²) in [6.45, 7) is 6.35. The molecule has 1 atom stereocenters. The Labute approximate surface area is 108 Å². The second kappa shape index (κ2) is 4.73. The number of benzene rings is 1. The number of aliphatic hydroxyl groups excluding tert-OH is 1. The summed E-state index contributed by atoms with van der Waals surface area (Å²) in [5, 5.41) is 10.1. The number of hydrogen-bond donors (Lipinski definition) is 1. The van der Waals surface area contributed by atoms with Crippen LogP contribution in [0.4, 0.5) is 5.69 Å². The first-order chi connectivity index (χ1) is 8.41. The molecule has 1 N–H and O–H groups in total. The van der Waals surface area contributed by atoms with E-state index in [4.69, 9.17) is 0 Å². The van der Waals surface area contributed by atoms with Gasteiger partial charge in [0, 0.05) is 12.1 Å². The van der Waals surface area contributed by atoms with Crippen molar-refractivity contribution >= 4 is 11.6 Å². The van der Waals surface area contributed by atoms with Crippen molar-refractivity contribution < 1.29 is 9.90 Å². The van der Waals surface area contributed by atoms with Crippen LogP contribution in [0.5, 0.6) is 0 Å². The van der Waals surface area contributed by atoms with E-state index in [1.807, 2.05) is 24.3 Å². The molecule has 1 aromatic carbocycles. The number of nitrogens with zero attached hydrogens (tertiary/aromatic N) is 1. The van der Waals surface area contributed by atoms with Gasteiger partial charge in [0.15, 0.2) is 0 Å². The predicted octanol–water partition coefficient (Wildman–Crippen LogP) is 2.82. The Bertz CT molecular complexity index is 448. The van der Waals surface area contributed by atoms with Gasteiger partial charge in [0.05, 0.1) is 0 Å². The van der Waals surface area contributed by atoms with Crippen LogP contribution in [0.25, 0.3) is 0 Å². The zero-order valence-corrected chi connectivity index (χ0v) is 11.3. The summed E-state index contributed by atoms with van der Waals surface area (Å²) in [4.78, 5) is 13.6. The molecular weight excluding hydrogens is 226 g/mol. The van der Waals surface area contributed by atoms with Crippen molar-refractivity contribution in [3.63, 3.8) is 0 Å². The topological polar surface area (TPSA) is 40.5 Å². The standard InChI is InChI=1S/C15H21NO2/c1-15(2,3)11-7-4-5-8-12(11)16-13(17)9-6-10-14(16)18/h4-5,7-8,13,17H,6,9-10H2,1-3H3. The lowest BCUT2D eigenvalue weighted by Gasteiger charge is -2.35. The molecule has 18 heavy (non-hydrogen) atoms. The molecule has 98 valence electrons. The average Bonchev–Trinajstić information content (AvgIpc) is 2.28. The van der Waals surface area contributed by atoms with Gasteiger partial charge < -0.3 is 5.11 Å². The van der Waals surface area contributed by atoms with Crippen molar-refractivity contribution in [1.82, 2.24) is 0 Å². The van der Waals surface area contributed by atoms with Gasteiger partial charge in [-0.05, 0) is 29.9 Å². The summed E-state index contributed by atoms with van der Waals surface area (Å²) in [7, 11) is 0. The Morgan fingerprint density at radius 3 is 2.56 bits per heavy atom. The quantitative estimate of drug-likeness (QED) is 0.829.